The van der Waals surface area contributed by atoms with Crippen molar-refractivity contribution in [2.45, 2.75) is 49.0 Å². The lowest BCUT2D eigenvalue weighted by Crippen LogP contribution is -2.08. The summed E-state index contributed by atoms with van der Waals surface area (Å²) in [6.45, 7) is 12.1. The summed E-state index contributed by atoms with van der Waals surface area (Å²) in [7, 11) is 0. The molecule has 0 radical (unpaired) electrons. The van der Waals surface area contributed by atoms with Gasteiger partial charge in [-0.3, -0.25) is 0 Å². The third-order valence-corrected chi connectivity index (χ3v) is 4.07. The molecular weight excluding hydrogens is 478 g/mol. The summed E-state index contributed by atoms with van der Waals surface area (Å²) in [5, 5.41) is 1.10. The Morgan fingerprint density at radius 1 is 0.700 bits per heavy atom. The van der Waals surface area contributed by atoms with Crippen LogP contribution in [0.4, 0.5) is 0 Å². The van der Waals surface area contributed by atoms with E-state index in [0.717, 1.165) is 22.1 Å². The molecule has 2 nitrogen and oxygen atoms in total. The summed E-state index contributed by atoms with van der Waals surface area (Å²) in [6, 6.07) is 0. The van der Waals surface area contributed by atoms with E-state index < -0.39 is 0 Å². The molecule has 0 saturated carbocycles. The second kappa shape index (κ2) is 7.77. The molecule has 1 aromatic carbocycles. The van der Waals surface area contributed by atoms with E-state index in [9.17, 15) is 4.79 Å². The summed E-state index contributed by atoms with van der Waals surface area (Å²) in [5.74, 6) is 0. The Kier molecular flexibility index (Phi) is 7.73. The Bertz CT molecular complexity index is 685. The number of halogens is 2. The van der Waals surface area contributed by atoms with Crippen LogP contribution < -0.4 is 5.63 Å². The molecule has 0 atom stereocenters. The molecule has 0 spiro atoms. The molecule has 20 heavy (non-hydrogen) atoms. The maximum absolute atomic E-state index is 11.7. The van der Waals surface area contributed by atoms with Crippen molar-refractivity contribution < 1.29 is 4.42 Å². The molecule has 0 unspecified atom stereocenters. The van der Waals surface area contributed by atoms with Gasteiger partial charge in [0.2, 0.25) is 0 Å². The minimum Gasteiger partial charge on any atom is -0.422 e. The Labute approximate surface area is 144 Å². The summed E-state index contributed by atoms with van der Waals surface area (Å²) in [5.41, 5.74) is 7.06. The van der Waals surface area contributed by atoms with Gasteiger partial charge >= 0.3 is 5.63 Å². The van der Waals surface area contributed by atoms with Gasteiger partial charge in [-0.1, -0.05) is 7.43 Å². The molecule has 0 fully saturated rings. The fourth-order valence-corrected chi connectivity index (χ4v) is 2.37. The van der Waals surface area contributed by atoms with Gasteiger partial charge in [-0.2, -0.15) is 0 Å². The summed E-state index contributed by atoms with van der Waals surface area (Å²) >= 11 is 4.24. The van der Waals surface area contributed by atoms with E-state index in [-0.39, 0.29) is 13.1 Å². The van der Waals surface area contributed by atoms with Crippen LogP contribution in [0.2, 0.25) is 0 Å². The third-order valence-electron chi connectivity index (χ3n) is 4.07. The van der Waals surface area contributed by atoms with E-state index in [1.54, 1.807) is 0 Å². The predicted octanol–water partition coefficient (Wildman–Crippen LogP) is 6.05. The topological polar surface area (TPSA) is 30.2 Å². The van der Waals surface area contributed by atoms with E-state index in [0.29, 0.717) is 5.56 Å². The molecule has 2 rings (SSSR count). The van der Waals surface area contributed by atoms with E-state index in [2.05, 4.69) is 58.0 Å². The molecule has 1 heterocycles. The van der Waals surface area contributed by atoms with Crippen molar-refractivity contribution in [1.82, 2.24) is 0 Å². The highest BCUT2D eigenvalue weighted by molar-refractivity contribution is 15.0. The van der Waals surface area contributed by atoms with Crippen LogP contribution in [0, 0.1) is 41.5 Å². The average Bonchev–Trinajstić information content (AvgIpc) is 2.42. The van der Waals surface area contributed by atoms with Crippen molar-refractivity contribution in [1.29, 1.82) is 0 Å². The van der Waals surface area contributed by atoms with Crippen molar-refractivity contribution >= 4 is 48.2 Å². The molecule has 0 aliphatic rings. The van der Waals surface area contributed by atoms with Gasteiger partial charge < -0.3 is 4.42 Å². The van der Waals surface area contributed by atoms with E-state index in [1.165, 1.54) is 16.7 Å². The van der Waals surface area contributed by atoms with Gasteiger partial charge in [0.25, 0.3) is 0 Å². The van der Waals surface area contributed by atoms with Crippen molar-refractivity contribution in [2.75, 3.05) is 0 Å². The van der Waals surface area contributed by atoms with Crippen LogP contribution >= 0.6 is 37.2 Å². The number of fused-ring (bicyclic) bond motifs is 1. The van der Waals surface area contributed by atoms with Crippen LogP contribution in [0.15, 0.2) is 9.21 Å². The van der Waals surface area contributed by atoms with Crippen LogP contribution in [-0.4, -0.2) is 0 Å². The van der Waals surface area contributed by atoms with Crippen LogP contribution in [0.3, 0.4) is 0 Å². The molecule has 0 aliphatic heterocycles. The number of aryl methyl sites for hydroxylation is 3. The molecule has 0 saturated heterocycles. The summed E-state index contributed by atoms with van der Waals surface area (Å²) < 4.78 is 5.47. The maximum atomic E-state index is 11.7. The molecule has 0 amide bonds. The minimum absolute atomic E-state index is 0. The standard InChI is InChI=1S/C15H18O2.CH4.I2/c1-7-8(2)11(5)14-13(9(7)3)10(4)12(6)15(16)17-14;;1-2/h1-6H3;1H4;. The molecular formula is C16H22I2O2. The van der Waals surface area contributed by atoms with Gasteiger partial charge in [0, 0.05) is 48.2 Å². The van der Waals surface area contributed by atoms with Gasteiger partial charge in [-0.25, -0.2) is 4.79 Å². The lowest BCUT2D eigenvalue weighted by Gasteiger charge is -2.15. The van der Waals surface area contributed by atoms with Crippen molar-refractivity contribution in [3.05, 3.63) is 43.8 Å². The first kappa shape index (κ1) is 19.9. The van der Waals surface area contributed by atoms with Gasteiger partial charge in [-0.05, 0) is 69.4 Å². The lowest BCUT2D eigenvalue weighted by molar-refractivity contribution is 0.550. The van der Waals surface area contributed by atoms with Crippen LogP contribution in [0.5, 0.6) is 0 Å². The summed E-state index contributed by atoms with van der Waals surface area (Å²) in [6.07, 6.45) is 0. The first-order valence-corrected chi connectivity index (χ1v) is 12.3. The maximum Gasteiger partial charge on any atom is 0.339 e. The zero-order chi connectivity index (χ0) is 14.9. The molecule has 4 heteroatoms. The van der Waals surface area contributed by atoms with Gasteiger partial charge in [-0.15, -0.1) is 0 Å². The second-order valence-electron chi connectivity index (χ2n) is 4.84. The monoisotopic (exact) mass is 500 g/mol. The molecule has 2 aromatic rings. The highest BCUT2D eigenvalue weighted by Gasteiger charge is 2.15. The van der Waals surface area contributed by atoms with Gasteiger partial charge in [0.15, 0.2) is 0 Å². The second-order valence-corrected chi connectivity index (χ2v) is 4.84. The van der Waals surface area contributed by atoms with Crippen LogP contribution in [-0.2, 0) is 0 Å². The number of rotatable bonds is 0. The molecule has 112 valence electrons. The first-order valence-electron chi connectivity index (χ1n) is 6.01. The van der Waals surface area contributed by atoms with Crippen LogP contribution in [0.25, 0.3) is 11.0 Å². The normalized spacial score (nSPS) is 9.80. The largest absolute Gasteiger partial charge is 0.422 e. The van der Waals surface area contributed by atoms with E-state index >= 15 is 0 Å². The Morgan fingerprint density at radius 2 is 1.10 bits per heavy atom. The quantitative estimate of drug-likeness (QED) is 0.326. The third kappa shape index (κ3) is 3.21. The number of hydrogen-bond donors (Lipinski definition) is 0. The average molecular weight is 500 g/mol. The van der Waals surface area contributed by atoms with Gasteiger partial charge in [0.05, 0.1) is 0 Å². The molecule has 0 aliphatic carbocycles. The van der Waals surface area contributed by atoms with E-state index in [4.69, 9.17) is 4.42 Å². The number of benzene rings is 1. The van der Waals surface area contributed by atoms with Crippen LogP contribution in [0.1, 0.15) is 40.8 Å². The molecule has 0 N–H and O–H groups in total. The Balaban J connectivity index is 0.00000115. The summed E-state index contributed by atoms with van der Waals surface area (Å²) in [4.78, 5) is 11.7. The Morgan fingerprint density at radius 3 is 1.60 bits per heavy atom. The van der Waals surface area contributed by atoms with Gasteiger partial charge in [0.1, 0.15) is 5.58 Å². The Hall–Kier alpha value is -0.110. The van der Waals surface area contributed by atoms with Crippen molar-refractivity contribution in [3.8, 4) is 0 Å². The fraction of sp³-hybridized carbons (Fsp3) is 0.438. The molecule has 0 bridgehead atoms. The van der Waals surface area contributed by atoms with E-state index in [1.807, 2.05) is 20.8 Å². The zero-order valence-electron chi connectivity index (χ0n) is 12.1. The zero-order valence-corrected chi connectivity index (χ0v) is 16.4. The van der Waals surface area contributed by atoms with Crippen molar-refractivity contribution in [3.63, 3.8) is 0 Å². The van der Waals surface area contributed by atoms with Crippen molar-refractivity contribution in [2.24, 2.45) is 0 Å². The highest BCUT2D eigenvalue weighted by atomic mass is 128. The fourth-order valence-electron chi connectivity index (χ4n) is 2.37. The molecule has 1 aromatic heterocycles. The predicted molar refractivity (Wildman–Crippen MR) is 106 cm³/mol. The lowest BCUT2D eigenvalue weighted by atomic mass is 9.92. The minimum atomic E-state index is -0.222. The first-order chi connectivity index (χ1) is 8.86. The highest BCUT2D eigenvalue weighted by Crippen LogP contribution is 2.31. The number of hydrogen-bond acceptors (Lipinski definition) is 2. The smallest absolute Gasteiger partial charge is 0.339 e. The SMILES string of the molecule is C.Cc1c(C)c(C)c2c(C)c(C)c(=O)oc2c1C.II.